The van der Waals surface area contributed by atoms with Crippen LogP contribution in [0, 0.1) is 0 Å². The van der Waals surface area contributed by atoms with Gasteiger partial charge in [0.15, 0.2) is 17.0 Å². The van der Waals surface area contributed by atoms with Gasteiger partial charge in [-0.25, -0.2) is 15.0 Å². The van der Waals surface area contributed by atoms with E-state index in [0.29, 0.717) is 35.4 Å². The van der Waals surface area contributed by atoms with E-state index in [1.807, 2.05) is 25.1 Å². The Labute approximate surface area is 168 Å². The molecule has 0 unspecified atom stereocenters. The van der Waals surface area contributed by atoms with E-state index < -0.39 is 24.3 Å². The molecule has 0 spiro atoms. The van der Waals surface area contributed by atoms with Crippen molar-refractivity contribution in [3.8, 4) is 0 Å². The first-order chi connectivity index (χ1) is 14.0. The third-order valence-corrected chi connectivity index (χ3v) is 5.40. The summed E-state index contributed by atoms with van der Waals surface area (Å²) in [5, 5.41) is 24.3. The summed E-state index contributed by atoms with van der Waals surface area (Å²) in [5.74, 6) is 0.421. The molecule has 29 heavy (non-hydrogen) atoms. The molecule has 4 rings (SSSR count). The molecule has 1 aromatic carbocycles. The van der Waals surface area contributed by atoms with Crippen molar-refractivity contribution in [1.29, 1.82) is 0 Å². The van der Waals surface area contributed by atoms with Gasteiger partial charge in [0.1, 0.15) is 18.5 Å². The van der Waals surface area contributed by atoms with Gasteiger partial charge in [-0.15, -0.1) is 0 Å². The summed E-state index contributed by atoms with van der Waals surface area (Å²) < 4.78 is 1.78. The van der Waals surface area contributed by atoms with Crippen LogP contribution < -0.4 is 10.2 Å². The number of aliphatic hydroxyl groups is 2. The number of hydrogen-bond donors (Lipinski definition) is 3. The molecule has 3 aromatic rings. The highest BCUT2D eigenvalue weighted by Gasteiger charge is 2.39. The summed E-state index contributed by atoms with van der Waals surface area (Å²) in [7, 11) is 3.75. The van der Waals surface area contributed by atoms with E-state index in [0.717, 1.165) is 0 Å². The standard InChI is InChI=1S/C20H24N6O3/c1-25(2)18-15-19(22-10-21-18)26(11-23-15)14-9-8-13(16(27)17(14)28)24-20(29)12-6-4-3-5-7-12/h3-7,10-11,13-14,16-17,27-28H,8-9H2,1-2H3,(H,24,29)/t13-,14-,16+,17+/m1/s1. The number of imidazole rings is 1. The van der Waals surface area contributed by atoms with Crippen molar-refractivity contribution in [1.82, 2.24) is 24.8 Å². The molecule has 1 aliphatic rings. The first kappa shape index (κ1) is 19.3. The zero-order valence-corrected chi connectivity index (χ0v) is 16.3. The molecule has 9 heteroatoms. The van der Waals surface area contributed by atoms with Crippen LogP contribution in [0.2, 0.25) is 0 Å². The first-order valence-electron chi connectivity index (χ1n) is 9.54. The van der Waals surface area contributed by atoms with Crippen molar-refractivity contribution in [3.05, 3.63) is 48.5 Å². The van der Waals surface area contributed by atoms with Gasteiger partial charge in [-0.05, 0) is 25.0 Å². The van der Waals surface area contributed by atoms with Crippen LogP contribution in [-0.4, -0.2) is 68.0 Å². The molecule has 0 radical (unpaired) electrons. The fourth-order valence-corrected chi connectivity index (χ4v) is 3.87. The number of amides is 1. The number of fused-ring (bicyclic) bond motifs is 1. The lowest BCUT2D eigenvalue weighted by molar-refractivity contribution is -0.0552. The molecule has 1 fully saturated rings. The van der Waals surface area contributed by atoms with E-state index in [4.69, 9.17) is 0 Å². The van der Waals surface area contributed by atoms with Crippen LogP contribution in [0.3, 0.4) is 0 Å². The van der Waals surface area contributed by atoms with Crippen LogP contribution in [-0.2, 0) is 0 Å². The molecule has 2 heterocycles. The maximum atomic E-state index is 12.4. The second kappa shape index (κ2) is 7.76. The predicted octanol–water partition coefficient (Wildman–Crippen LogP) is 0.748. The average molecular weight is 396 g/mol. The lowest BCUT2D eigenvalue weighted by Crippen LogP contribution is -2.54. The molecule has 4 atom stereocenters. The smallest absolute Gasteiger partial charge is 0.251 e. The van der Waals surface area contributed by atoms with Crippen LogP contribution in [0.25, 0.3) is 11.2 Å². The molecular formula is C20H24N6O3. The Kier molecular flexibility index (Phi) is 5.16. The lowest BCUT2D eigenvalue weighted by atomic mass is 9.85. The monoisotopic (exact) mass is 396 g/mol. The first-order valence-corrected chi connectivity index (χ1v) is 9.54. The highest BCUT2D eigenvalue weighted by Crippen LogP contribution is 2.32. The molecule has 3 N–H and O–H groups in total. The van der Waals surface area contributed by atoms with Crippen LogP contribution >= 0.6 is 0 Å². The summed E-state index contributed by atoms with van der Waals surface area (Å²) in [6.45, 7) is 0. The predicted molar refractivity (Wildman–Crippen MR) is 108 cm³/mol. The molecule has 9 nitrogen and oxygen atoms in total. The maximum Gasteiger partial charge on any atom is 0.251 e. The van der Waals surface area contributed by atoms with Gasteiger partial charge in [0, 0.05) is 19.7 Å². The fraction of sp³-hybridized carbons (Fsp3) is 0.400. The highest BCUT2D eigenvalue weighted by molar-refractivity contribution is 5.94. The maximum absolute atomic E-state index is 12.4. The Morgan fingerprint density at radius 3 is 2.59 bits per heavy atom. The number of anilines is 1. The van der Waals surface area contributed by atoms with Gasteiger partial charge >= 0.3 is 0 Å². The highest BCUT2D eigenvalue weighted by atomic mass is 16.3. The van der Waals surface area contributed by atoms with Crippen molar-refractivity contribution in [2.45, 2.75) is 37.1 Å². The molecule has 0 saturated heterocycles. The number of carbonyl (C=O) groups excluding carboxylic acids is 1. The Balaban J connectivity index is 1.53. The molecule has 1 aliphatic carbocycles. The van der Waals surface area contributed by atoms with Gasteiger partial charge < -0.3 is 25.0 Å². The minimum absolute atomic E-state index is 0.267. The summed E-state index contributed by atoms with van der Waals surface area (Å²) in [6.07, 6.45) is 1.99. The third kappa shape index (κ3) is 3.54. The summed E-state index contributed by atoms with van der Waals surface area (Å²) in [4.78, 5) is 27.3. The summed E-state index contributed by atoms with van der Waals surface area (Å²) >= 11 is 0. The molecule has 0 bridgehead atoms. The van der Waals surface area contributed by atoms with Gasteiger partial charge in [-0.2, -0.15) is 0 Å². The van der Waals surface area contributed by atoms with E-state index in [1.54, 1.807) is 35.2 Å². The molecule has 1 amide bonds. The van der Waals surface area contributed by atoms with Gasteiger partial charge in [-0.3, -0.25) is 4.79 Å². The van der Waals surface area contributed by atoms with Crippen molar-refractivity contribution < 1.29 is 15.0 Å². The zero-order valence-electron chi connectivity index (χ0n) is 16.3. The van der Waals surface area contributed by atoms with Gasteiger partial charge in [0.25, 0.3) is 5.91 Å². The molecular weight excluding hydrogens is 372 g/mol. The number of aliphatic hydroxyl groups excluding tert-OH is 2. The third-order valence-electron chi connectivity index (χ3n) is 5.40. The number of aromatic nitrogens is 4. The Bertz CT molecular complexity index is 1010. The van der Waals surface area contributed by atoms with Crippen LogP contribution in [0.15, 0.2) is 43.0 Å². The van der Waals surface area contributed by atoms with Gasteiger partial charge in [0.2, 0.25) is 0 Å². The number of carbonyl (C=O) groups is 1. The molecule has 152 valence electrons. The number of benzene rings is 1. The van der Waals surface area contributed by atoms with Crippen LogP contribution in [0.1, 0.15) is 29.2 Å². The molecule has 1 saturated carbocycles. The topological polar surface area (TPSA) is 116 Å². The van der Waals surface area contributed by atoms with Crippen molar-refractivity contribution in [2.24, 2.45) is 0 Å². The summed E-state index contributed by atoms with van der Waals surface area (Å²) in [5.41, 5.74) is 1.76. The SMILES string of the molecule is CN(C)c1ncnc2c1ncn2[C@@H]1CC[C@@H](NC(=O)c2ccccc2)[C@H](O)[C@H]1O. The quantitative estimate of drug-likeness (QED) is 0.596. The normalized spacial score (nSPS) is 24.4. The van der Waals surface area contributed by atoms with Crippen molar-refractivity contribution >= 4 is 22.9 Å². The number of nitrogens with one attached hydrogen (secondary N) is 1. The number of rotatable bonds is 4. The Morgan fingerprint density at radius 1 is 1.10 bits per heavy atom. The Morgan fingerprint density at radius 2 is 1.86 bits per heavy atom. The average Bonchev–Trinajstić information content (AvgIpc) is 3.16. The van der Waals surface area contributed by atoms with E-state index in [9.17, 15) is 15.0 Å². The minimum Gasteiger partial charge on any atom is -0.388 e. The number of nitrogens with zero attached hydrogens (tertiary/aromatic N) is 5. The van der Waals surface area contributed by atoms with Gasteiger partial charge in [-0.1, -0.05) is 18.2 Å². The second-order valence-electron chi connectivity index (χ2n) is 7.49. The summed E-state index contributed by atoms with van der Waals surface area (Å²) in [6, 6.07) is 7.89. The number of hydrogen-bond acceptors (Lipinski definition) is 7. The molecule has 2 aromatic heterocycles. The van der Waals surface area contributed by atoms with E-state index in [1.165, 1.54) is 6.33 Å². The van der Waals surface area contributed by atoms with Crippen molar-refractivity contribution in [2.75, 3.05) is 19.0 Å². The second-order valence-corrected chi connectivity index (χ2v) is 7.49. The van der Waals surface area contributed by atoms with E-state index in [2.05, 4.69) is 20.3 Å². The molecule has 0 aliphatic heterocycles. The fourth-order valence-electron chi connectivity index (χ4n) is 3.87. The largest absolute Gasteiger partial charge is 0.388 e. The van der Waals surface area contributed by atoms with Crippen LogP contribution in [0.4, 0.5) is 5.82 Å². The van der Waals surface area contributed by atoms with Crippen LogP contribution in [0.5, 0.6) is 0 Å². The van der Waals surface area contributed by atoms with Crippen molar-refractivity contribution in [3.63, 3.8) is 0 Å². The van der Waals surface area contributed by atoms with E-state index >= 15 is 0 Å². The minimum atomic E-state index is -1.10. The lowest BCUT2D eigenvalue weighted by Gasteiger charge is -2.38. The Hall–Kier alpha value is -3.04. The zero-order chi connectivity index (χ0) is 20.5. The van der Waals surface area contributed by atoms with E-state index in [-0.39, 0.29) is 5.91 Å². The van der Waals surface area contributed by atoms with Gasteiger partial charge in [0.05, 0.1) is 18.4 Å².